The highest BCUT2D eigenvalue weighted by atomic mass is 16.6. The Morgan fingerprint density at radius 1 is 0.444 bits per heavy atom. The molecule has 6 nitrogen and oxygen atoms in total. The van der Waals surface area contributed by atoms with Gasteiger partial charge in [0.2, 0.25) is 0 Å². The third-order valence-electron chi connectivity index (χ3n) is 14.9. The summed E-state index contributed by atoms with van der Waals surface area (Å²) in [5.74, 6) is 0. The van der Waals surface area contributed by atoms with E-state index >= 15 is 0 Å². The molecule has 0 aliphatic carbocycles. The predicted octanol–water partition coefficient (Wildman–Crippen LogP) is 21.7. The Labute approximate surface area is 442 Å². The molecule has 0 bridgehead atoms. The van der Waals surface area contributed by atoms with Crippen LogP contribution < -0.4 is 4.90 Å². The molecule has 0 unspecified atom stereocenters. The Morgan fingerprint density at radius 3 is 1.12 bits per heavy atom. The molecule has 72 heavy (non-hydrogen) atoms. The van der Waals surface area contributed by atoms with Crippen LogP contribution >= 0.6 is 0 Å². The summed E-state index contributed by atoms with van der Waals surface area (Å²) in [6, 6.07) is 19.6. The van der Waals surface area contributed by atoms with E-state index in [4.69, 9.17) is 0 Å². The van der Waals surface area contributed by atoms with Crippen LogP contribution in [0, 0.1) is 21.4 Å². The Kier molecular flexibility index (Phi) is 38.2. The van der Waals surface area contributed by atoms with Gasteiger partial charge in [-0.2, -0.15) is 5.26 Å². The molecule has 0 saturated heterocycles. The molecule has 0 saturated carbocycles. The van der Waals surface area contributed by atoms with Crippen LogP contribution in [0.1, 0.15) is 299 Å². The number of nitriles is 1. The van der Waals surface area contributed by atoms with Crippen molar-refractivity contribution in [1.29, 1.82) is 5.26 Å². The van der Waals surface area contributed by atoms with E-state index in [1.54, 1.807) is 6.07 Å². The molecule has 0 fully saturated rings. The molecule has 3 rings (SSSR count). The molecule has 0 aliphatic rings. The van der Waals surface area contributed by atoms with Crippen molar-refractivity contribution >= 4 is 35.7 Å². The highest BCUT2D eigenvalue weighted by molar-refractivity contribution is 5.73. The van der Waals surface area contributed by atoms with Gasteiger partial charge in [-0.3, -0.25) is 15.1 Å². The van der Waals surface area contributed by atoms with E-state index in [9.17, 15) is 15.4 Å². The van der Waals surface area contributed by atoms with Gasteiger partial charge in [0.25, 0.3) is 5.69 Å². The van der Waals surface area contributed by atoms with E-state index in [2.05, 4.69) is 60.1 Å². The van der Waals surface area contributed by atoms with Gasteiger partial charge in [-0.05, 0) is 65.9 Å². The minimum absolute atomic E-state index is 0.0495. The summed E-state index contributed by atoms with van der Waals surface area (Å²) < 4.78 is 0. The lowest BCUT2D eigenvalue weighted by Gasteiger charge is -2.25. The van der Waals surface area contributed by atoms with E-state index < -0.39 is 4.92 Å². The summed E-state index contributed by atoms with van der Waals surface area (Å²) in [6.07, 6.45) is 66.4. The van der Waals surface area contributed by atoms with Crippen LogP contribution in [0.4, 0.5) is 11.4 Å². The average molecular weight is 986 g/mol. The highest BCUT2D eigenvalue weighted by Crippen LogP contribution is 2.23. The van der Waals surface area contributed by atoms with Crippen LogP contribution in [0.5, 0.6) is 0 Å². The lowest BCUT2D eigenvalue weighted by Crippen LogP contribution is -2.25. The van der Waals surface area contributed by atoms with Gasteiger partial charge in [0.05, 0.1) is 10.6 Å². The van der Waals surface area contributed by atoms with E-state index in [1.165, 1.54) is 280 Å². The zero-order chi connectivity index (χ0) is 51.2. The normalized spacial score (nSPS) is 11.6. The number of nitrogens with zero attached hydrogens (tertiary/aromatic N) is 4. The van der Waals surface area contributed by atoms with Crippen LogP contribution in [-0.4, -0.2) is 23.0 Å². The summed E-state index contributed by atoms with van der Waals surface area (Å²) in [6.45, 7) is 6.89. The lowest BCUT2D eigenvalue weighted by atomic mass is 10.0. The van der Waals surface area contributed by atoms with Crippen LogP contribution in [0.15, 0.2) is 60.8 Å². The van der Waals surface area contributed by atoms with Gasteiger partial charge >= 0.3 is 0 Å². The maximum atomic E-state index is 11.2. The number of rotatable bonds is 48. The van der Waals surface area contributed by atoms with Gasteiger partial charge < -0.3 is 4.90 Å². The Balaban J connectivity index is 1.34. The third-order valence-corrected chi connectivity index (χ3v) is 14.9. The minimum atomic E-state index is -0.530. The van der Waals surface area contributed by atoms with Crippen molar-refractivity contribution in [3.8, 4) is 6.07 Å². The average Bonchev–Trinajstić information content (AvgIpc) is 3.40. The molecule has 3 aromatic rings. The number of aromatic nitrogens is 1. The number of hydrogen-bond acceptors (Lipinski definition) is 5. The van der Waals surface area contributed by atoms with Crippen molar-refractivity contribution in [3.63, 3.8) is 0 Å². The van der Waals surface area contributed by atoms with Crippen molar-refractivity contribution in [3.05, 3.63) is 98.9 Å². The first kappa shape index (κ1) is 62.1. The number of benzene rings is 2. The van der Waals surface area contributed by atoms with Crippen molar-refractivity contribution in [1.82, 2.24) is 4.98 Å². The molecule has 0 atom stereocenters. The summed E-state index contributed by atoms with van der Waals surface area (Å²) in [7, 11) is 0. The maximum absolute atomic E-state index is 11.2. The molecule has 400 valence electrons. The second-order valence-corrected chi connectivity index (χ2v) is 21.3. The topological polar surface area (TPSA) is 83.1 Å². The molecule has 0 radical (unpaired) electrons. The standard InChI is InChI=1S/C66H104N4O2/c1-3-5-7-9-11-13-15-17-19-21-23-25-27-29-31-33-35-37-39-41-55-69(56-42-40-38-36-34-32-30-28-26-24-22-20-18-16-14-12-10-8-6-4-2)65-52-47-60(48-53-65)43-44-62-46-51-64(68-59-62)50-45-61-49-54-66(70(71)72)63(57-61)58-67/h43-54,57,59H,3-42,55-56H2,1-2H3/b44-43+,50-45+. The molecule has 6 heteroatoms. The van der Waals surface area contributed by atoms with Crippen LogP contribution in [-0.2, 0) is 0 Å². The zero-order valence-electron chi connectivity index (χ0n) is 46.4. The highest BCUT2D eigenvalue weighted by Gasteiger charge is 2.13. The first-order chi connectivity index (χ1) is 35.5. The van der Waals surface area contributed by atoms with Gasteiger partial charge in [-0.1, -0.05) is 294 Å². The Bertz CT molecular complexity index is 1800. The van der Waals surface area contributed by atoms with Gasteiger partial charge in [0.1, 0.15) is 11.6 Å². The fraction of sp³-hybridized carbons (Fsp3) is 0.667. The van der Waals surface area contributed by atoms with Crippen molar-refractivity contribution < 1.29 is 4.92 Å². The van der Waals surface area contributed by atoms with E-state index in [0.29, 0.717) is 5.56 Å². The first-order valence-electron chi connectivity index (χ1n) is 30.4. The molecule has 1 heterocycles. The Morgan fingerprint density at radius 2 is 0.778 bits per heavy atom. The van der Waals surface area contributed by atoms with E-state index in [-0.39, 0.29) is 11.3 Å². The fourth-order valence-electron chi connectivity index (χ4n) is 10.2. The molecule has 2 aromatic carbocycles. The first-order valence-corrected chi connectivity index (χ1v) is 30.4. The minimum Gasteiger partial charge on any atom is -0.372 e. The summed E-state index contributed by atoms with van der Waals surface area (Å²) in [5, 5.41) is 20.5. The largest absolute Gasteiger partial charge is 0.372 e. The van der Waals surface area contributed by atoms with E-state index in [0.717, 1.165) is 24.3 Å². The molecule has 0 spiro atoms. The maximum Gasteiger partial charge on any atom is 0.287 e. The zero-order valence-corrected chi connectivity index (χ0v) is 46.4. The second kappa shape index (κ2) is 44.3. The van der Waals surface area contributed by atoms with Crippen LogP contribution in [0.2, 0.25) is 0 Å². The molecule has 0 N–H and O–H groups in total. The molecule has 0 amide bonds. The number of pyridine rings is 1. The molecular formula is C66H104N4O2. The number of nitro benzene ring substituents is 1. The summed E-state index contributed by atoms with van der Waals surface area (Å²) in [4.78, 5) is 17.9. The molecule has 1 aromatic heterocycles. The van der Waals surface area contributed by atoms with E-state index in [1.807, 2.05) is 36.6 Å². The predicted molar refractivity (Wildman–Crippen MR) is 315 cm³/mol. The third kappa shape index (κ3) is 32.1. The fourth-order valence-corrected chi connectivity index (χ4v) is 10.2. The number of anilines is 1. The van der Waals surface area contributed by atoms with Gasteiger partial charge in [0, 0.05) is 31.0 Å². The van der Waals surface area contributed by atoms with Crippen molar-refractivity contribution in [2.24, 2.45) is 0 Å². The molecular weight excluding hydrogens is 881 g/mol. The summed E-state index contributed by atoms with van der Waals surface area (Å²) in [5.41, 5.74) is 4.88. The second-order valence-electron chi connectivity index (χ2n) is 21.3. The quantitative estimate of drug-likeness (QED) is 0.0320. The van der Waals surface area contributed by atoms with Crippen molar-refractivity contribution in [2.75, 3.05) is 18.0 Å². The van der Waals surface area contributed by atoms with Gasteiger partial charge in [-0.25, -0.2) is 0 Å². The monoisotopic (exact) mass is 985 g/mol. The smallest absolute Gasteiger partial charge is 0.287 e. The Hall–Kier alpha value is -4.24. The lowest BCUT2D eigenvalue weighted by molar-refractivity contribution is -0.385. The number of nitro groups is 1. The van der Waals surface area contributed by atoms with Crippen LogP contribution in [0.3, 0.4) is 0 Å². The SMILES string of the molecule is CCCCCCCCCCCCCCCCCCCCCCN(CCCCCCCCCCCCCCCCCCCCCC)c1ccc(/C=C/c2ccc(/C=C/c3ccc([N+](=O)[O-])c(C#N)c3)nc2)cc1. The number of hydrogen-bond donors (Lipinski definition) is 0. The van der Waals surface area contributed by atoms with Crippen LogP contribution in [0.25, 0.3) is 24.3 Å². The molecule has 0 aliphatic heterocycles. The van der Waals surface area contributed by atoms with Gasteiger partial charge in [-0.15, -0.1) is 0 Å². The number of unbranched alkanes of at least 4 members (excludes halogenated alkanes) is 38. The van der Waals surface area contributed by atoms with Gasteiger partial charge in [0.15, 0.2) is 0 Å². The van der Waals surface area contributed by atoms with Crippen molar-refractivity contribution in [2.45, 2.75) is 271 Å². The summed E-state index contributed by atoms with van der Waals surface area (Å²) >= 11 is 0.